The van der Waals surface area contributed by atoms with Crippen LogP contribution in [0.1, 0.15) is 33.4 Å². The fourth-order valence-corrected chi connectivity index (χ4v) is 4.28. The maximum Gasteiger partial charge on any atom is 0.254 e. The lowest BCUT2D eigenvalue weighted by Crippen LogP contribution is -2.44. The quantitative estimate of drug-likeness (QED) is 0.625. The van der Waals surface area contributed by atoms with E-state index >= 15 is 0 Å². The van der Waals surface area contributed by atoms with E-state index in [4.69, 9.17) is 21.1 Å². The maximum absolute atomic E-state index is 13.6. The van der Waals surface area contributed by atoms with Gasteiger partial charge < -0.3 is 19.7 Å². The van der Waals surface area contributed by atoms with Gasteiger partial charge in [-0.05, 0) is 47.5 Å². The molecule has 2 heterocycles. The van der Waals surface area contributed by atoms with Gasteiger partial charge in [0.25, 0.3) is 5.91 Å². The van der Waals surface area contributed by atoms with Crippen LogP contribution in [0.4, 0.5) is 5.69 Å². The van der Waals surface area contributed by atoms with Gasteiger partial charge in [-0.25, -0.2) is 0 Å². The van der Waals surface area contributed by atoms with Crippen molar-refractivity contribution >= 4 is 29.1 Å². The van der Waals surface area contributed by atoms with Crippen LogP contribution in [0.25, 0.3) is 0 Å². The van der Waals surface area contributed by atoms with Crippen molar-refractivity contribution in [2.75, 3.05) is 26.6 Å². The number of methoxy groups -OCH3 is 2. The van der Waals surface area contributed by atoms with Gasteiger partial charge in [0.05, 0.1) is 26.2 Å². The number of fused-ring (bicyclic) bond motifs is 1. The number of nitrogens with zero attached hydrogens (tertiary/aromatic N) is 2. The van der Waals surface area contributed by atoms with Crippen molar-refractivity contribution in [2.24, 2.45) is 0 Å². The molecular weight excluding hydrogens is 430 g/mol. The van der Waals surface area contributed by atoms with Gasteiger partial charge in [0.1, 0.15) is 0 Å². The molecule has 0 bridgehead atoms. The molecule has 0 saturated carbocycles. The highest BCUT2D eigenvalue weighted by molar-refractivity contribution is 6.30. The predicted octanol–water partition coefficient (Wildman–Crippen LogP) is 4.30. The lowest BCUT2D eigenvalue weighted by molar-refractivity contribution is -0.119. The molecule has 0 aliphatic carbocycles. The zero-order valence-corrected chi connectivity index (χ0v) is 18.6. The third kappa shape index (κ3) is 3.87. The van der Waals surface area contributed by atoms with Gasteiger partial charge in [0.2, 0.25) is 5.91 Å². The summed E-state index contributed by atoms with van der Waals surface area (Å²) in [6.07, 6.45) is 3.32. The van der Waals surface area contributed by atoms with Crippen LogP contribution >= 0.6 is 11.6 Å². The summed E-state index contributed by atoms with van der Waals surface area (Å²) in [7, 11) is 4.70. The first kappa shape index (κ1) is 21.6. The van der Waals surface area contributed by atoms with E-state index in [0.29, 0.717) is 33.3 Å². The monoisotopic (exact) mass is 451 g/mol. The lowest BCUT2D eigenvalue weighted by Gasteiger charge is -2.39. The summed E-state index contributed by atoms with van der Waals surface area (Å²) in [6.45, 7) is 0. The second-order valence-electron chi connectivity index (χ2n) is 7.42. The SMILES string of the molecule is COc1cc2c(cc1OC)C(C(=O)Nc1cccc(Cl)c1)C(c1cccnc1)N(C)C2=O. The van der Waals surface area contributed by atoms with Gasteiger partial charge in [0.15, 0.2) is 11.5 Å². The van der Waals surface area contributed by atoms with E-state index in [2.05, 4.69) is 10.3 Å². The van der Waals surface area contributed by atoms with Gasteiger partial charge in [-0.2, -0.15) is 0 Å². The minimum Gasteiger partial charge on any atom is -0.493 e. The number of aromatic nitrogens is 1. The highest BCUT2D eigenvalue weighted by atomic mass is 35.5. The Hall–Kier alpha value is -3.58. The van der Waals surface area contributed by atoms with Gasteiger partial charge in [-0.1, -0.05) is 23.7 Å². The van der Waals surface area contributed by atoms with Crippen LogP contribution < -0.4 is 14.8 Å². The maximum atomic E-state index is 13.6. The Kier molecular flexibility index (Phi) is 6.01. The number of rotatable bonds is 5. The minimum atomic E-state index is -0.726. The molecular formula is C24H22ClN3O4. The molecule has 0 radical (unpaired) electrons. The number of hydrogen-bond donors (Lipinski definition) is 1. The Balaban J connectivity index is 1.88. The number of amides is 2. The Morgan fingerprint density at radius 2 is 1.84 bits per heavy atom. The number of nitrogens with one attached hydrogen (secondary N) is 1. The van der Waals surface area contributed by atoms with Gasteiger partial charge in [-0.3, -0.25) is 14.6 Å². The number of anilines is 1. The normalized spacial score (nSPS) is 17.5. The number of carbonyl (C=O) groups excluding carboxylic acids is 2. The smallest absolute Gasteiger partial charge is 0.254 e. The third-order valence-electron chi connectivity index (χ3n) is 5.58. The summed E-state index contributed by atoms with van der Waals surface area (Å²) in [5.74, 6) is -0.373. The van der Waals surface area contributed by atoms with Crippen molar-refractivity contribution in [1.82, 2.24) is 9.88 Å². The molecule has 7 nitrogen and oxygen atoms in total. The molecule has 3 aromatic rings. The highest BCUT2D eigenvalue weighted by Crippen LogP contribution is 2.45. The summed E-state index contributed by atoms with van der Waals surface area (Å²) >= 11 is 6.09. The van der Waals surface area contributed by atoms with Crippen LogP contribution in [-0.2, 0) is 4.79 Å². The van der Waals surface area contributed by atoms with Crippen molar-refractivity contribution in [3.05, 3.63) is 82.6 Å². The van der Waals surface area contributed by atoms with Crippen LogP contribution in [0.5, 0.6) is 11.5 Å². The topological polar surface area (TPSA) is 80.8 Å². The molecule has 2 aromatic carbocycles. The number of hydrogen-bond acceptors (Lipinski definition) is 5. The van der Waals surface area contributed by atoms with E-state index in [-0.39, 0.29) is 11.8 Å². The first-order chi connectivity index (χ1) is 15.4. The zero-order valence-electron chi connectivity index (χ0n) is 17.8. The molecule has 2 unspecified atom stereocenters. The van der Waals surface area contributed by atoms with Crippen molar-refractivity contribution in [1.29, 1.82) is 0 Å². The van der Waals surface area contributed by atoms with E-state index < -0.39 is 12.0 Å². The molecule has 0 saturated heterocycles. The summed E-state index contributed by atoms with van der Waals surface area (Å²) in [4.78, 5) is 32.7. The average Bonchev–Trinajstić information content (AvgIpc) is 2.80. The van der Waals surface area contributed by atoms with Crippen molar-refractivity contribution in [3.8, 4) is 11.5 Å². The van der Waals surface area contributed by atoms with E-state index in [0.717, 1.165) is 5.56 Å². The molecule has 1 aliphatic rings. The fourth-order valence-electron chi connectivity index (χ4n) is 4.09. The second-order valence-corrected chi connectivity index (χ2v) is 7.86. The van der Waals surface area contributed by atoms with Crippen LogP contribution in [0, 0.1) is 0 Å². The minimum absolute atomic E-state index is 0.221. The molecule has 1 aliphatic heterocycles. The van der Waals surface area contributed by atoms with Crippen LogP contribution in [-0.4, -0.2) is 43.0 Å². The number of carbonyl (C=O) groups is 2. The first-order valence-corrected chi connectivity index (χ1v) is 10.3. The third-order valence-corrected chi connectivity index (χ3v) is 5.81. The summed E-state index contributed by atoms with van der Waals surface area (Å²) in [5.41, 5.74) is 2.25. The van der Waals surface area contributed by atoms with E-state index in [1.807, 2.05) is 6.07 Å². The van der Waals surface area contributed by atoms with Gasteiger partial charge in [0, 0.05) is 35.7 Å². The molecule has 0 fully saturated rings. The van der Waals surface area contributed by atoms with Crippen molar-refractivity contribution < 1.29 is 19.1 Å². The molecule has 0 spiro atoms. The second kappa shape index (κ2) is 8.88. The Labute approximate surface area is 190 Å². The number of ether oxygens (including phenoxy) is 2. The molecule has 2 atom stereocenters. The predicted molar refractivity (Wildman–Crippen MR) is 121 cm³/mol. The standard InChI is InChI=1S/C24H22ClN3O4/c1-28-22(14-6-5-9-26-13-14)21(23(29)27-16-8-4-7-15(25)10-16)17-11-19(31-2)20(32-3)12-18(17)24(28)30/h4-13,21-22H,1-3H3,(H,27,29). The van der Waals surface area contributed by atoms with E-state index in [1.165, 1.54) is 14.2 Å². The van der Waals surface area contributed by atoms with Gasteiger partial charge >= 0.3 is 0 Å². The molecule has 1 N–H and O–H groups in total. The summed E-state index contributed by atoms with van der Waals surface area (Å²) in [6, 6.07) is 13.3. The Morgan fingerprint density at radius 3 is 2.50 bits per heavy atom. The molecule has 32 heavy (non-hydrogen) atoms. The van der Waals surface area contributed by atoms with Crippen molar-refractivity contribution in [2.45, 2.75) is 12.0 Å². The Morgan fingerprint density at radius 1 is 1.09 bits per heavy atom. The summed E-state index contributed by atoms with van der Waals surface area (Å²) < 4.78 is 10.8. The van der Waals surface area contributed by atoms with E-state index in [1.54, 1.807) is 66.8 Å². The van der Waals surface area contributed by atoms with Crippen LogP contribution in [0.2, 0.25) is 5.02 Å². The molecule has 164 valence electrons. The summed E-state index contributed by atoms with van der Waals surface area (Å²) in [5, 5.41) is 3.45. The van der Waals surface area contributed by atoms with Crippen LogP contribution in [0.3, 0.4) is 0 Å². The largest absolute Gasteiger partial charge is 0.493 e. The number of halogens is 1. The number of benzene rings is 2. The van der Waals surface area contributed by atoms with Gasteiger partial charge in [-0.15, -0.1) is 0 Å². The molecule has 2 amide bonds. The molecule has 1 aromatic heterocycles. The molecule has 4 rings (SSSR count). The number of pyridine rings is 1. The Bertz CT molecular complexity index is 1170. The van der Waals surface area contributed by atoms with E-state index in [9.17, 15) is 9.59 Å². The number of likely N-dealkylation sites (N-methyl/N-ethyl adjacent to an activating group) is 1. The molecule has 8 heteroatoms. The fraction of sp³-hybridized carbons (Fsp3) is 0.208. The lowest BCUT2D eigenvalue weighted by atomic mass is 9.79. The average molecular weight is 452 g/mol. The van der Waals surface area contributed by atoms with Crippen molar-refractivity contribution in [3.63, 3.8) is 0 Å². The van der Waals surface area contributed by atoms with Crippen LogP contribution in [0.15, 0.2) is 60.9 Å². The first-order valence-electron chi connectivity index (χ1n) is 9.94. The zero-order chi connectivity index (χ0) is 22.8. The highest BCUT2D eigenvalue weighted by Gasteiger charge is 2.43.